The average Bonchev–Trinajstić information content (AvgIpc) is 3.64. The SMILES string of the molecule is CCN(CC)S(=O)(=O)NC(=O)c1ccc2c(C3CCCCC3)c(-c3ccc(OC)cc3)n(CC3(C(=O)N4C5CC4CN(C)C5)CC3C)c2c1. The van der Waals surface area contributed by atoms with Crippen LogP contribution in [-0.2, 0) is 21.5 Å². The second-order valence-electron chi connectivity index (χ2n) is 14.9. The van der Waals surface area contributed by atoms with Crippen LogP contribution in [0.15, 0.2) is 42.5 Å². The number of nitrogens with zero attached hydrogens (tertiary/aromatic N) is 4. The van der Waals surface area contributed by atoms with Crippen molar-refractivity contribution < 1.29 is 22.7 Å². The molecule has 3 aromatic rings. The van der Waals surface area contributed by atoms with E-state index in [9.17, 15) is 18.0 Å². The van der Waals surface area contributed by atoms with Crippen LogP contribution in [0.5, 0.6) is 5.75 Å². The highest BCUT2D eigenvalue weighted by molar-refractivity contribution is 7.87. The molecule has 2 saturated heterocycles. The van der Waals surface area contributed by atoms with Crippen LogP contribution in [0.3, 0.4) is 0 Å². The van der Waals surface area contributed by atoms with Gasteiger partial charge in [-0.1, -0.05) is 46.1 Å². The predicted molar refractivity (Wildman–Crippen MR) is 192 cm³/mol. The number of amides is 2. The van der Waals surface area contributed by atoms with Crippen molar-refractivity contribution in [3.05, 3.63) is 53.6 Å². The monoisotopic (exact) mass is 689 g/mol. The number of likely N-dealkylation sites (tertiary alicyclic amines) is 2. The molecule has 2 aliphatic heterocycles. The van der Waals surface area contributed by atoms with E-state index in [0.717, 1.165) is 79.5 Å². The third-order valence-corrected chi connectivity index (χ3v) is 13.6. The Kier molecular flexibility index (Phi) is 9.07. The van der Waals surface area contributed by atoms with Crippen molar-refractivity contribution in [2.75, 3.05) is 40.3 Å². The lowest BCUT2D eigenvalue weighted by Crippen LogP contribution is -2.70. The van der Waals surface area contributed by atoms with E-state index in [1.807, 2.05) is 24.3 Å². The molecule has 7 rings (SSSR count). The number of nitrogens with one attached hydrogen (secondary N) is 1. The number of hydrogen-bond acceptors (Lipinski definition) is 6. The Hall–Kier alpha value is -3.41. The van der Waals surface area contributed by atoms with Crippen molar-refractivity contribution in [2.24, 2.45) is 11.3 Å². The van der Waals surface area contributed by atoms with E-state index >= 15 is 0 Å². The van der Waals surface area contributed by atoms with Gasteiger partial charge in [0.2, 0.25) is 5.91 Å². The van der Waals surface area contributed by atoms with E-state index in [4.69, 9.17) is 4.74 Å². The molecule has 10 nitrogen and oxygen atoms in total. The number of aromatic nitrogens is 1. The van der Waals surface area contributed by atoms with Crippen molar-refractivity contribution >= 4 is 32.9 Å². The zero-order valence-corrected chi connectivity index (χ0v) is 30.4. The minimum Gasteiger partial charge on any atom is -0.497 e. The summed E-state index contributed by atoms with van der Waals surface area (Å²) in [5, 5.41) is 1.07. The number of carbonyl (C=O) groups excluding carboxylic acids is 2. The number of piperazine rings is 1. The lowest BCUT2D eigenvalue weighted by Gasteiger charge is -2.56. The Bertz CT molecular complexity index is 1830. The summed E-state index contributed by atoms with van der Waals surface area (Å²) < 4.78 is 37.5. The second-order valence-corrected chi connectivity index (χ2v) is 16.6. The van der Waals surface area contributed by atoms with Crippen LogP contribution in [0.2, 0.25) is 0 Å². The molecule has 4 unspecified atom stereocenters. The van der Waals surface area contributed by atoms with Crippen molar-refractivity contribution in [2.45, 2.75) is 90.3 Å². The van der Waals surface area contributed by atoms with Crippen LogP contribution < -0.4 is 9.46 Å². The van der Waals surface area contributed by atoms with Gasteiger partial charge >= 0.3 is 10.2 Å². The van der Waals surface area contributed by atoms with Gasteiger partial charge in [-0.3, -0.25) is 9.59 Å². The molecule has 3 heterocycles. The minimum atomic E-state index is -4.00. The number of benzene rings is 2. The lowest BCUT2D eigenvalue weighted by molar-refractivity contribution is -0.160. The molecule has 2 aromatic carbocycles. The van der Waals surface area contributed by atoms with Gasteiger partial charge in [0.15, 0.2) is 0 Å². The van der Waals surface area contributed by atoms with Gasteiger partial charge in [-0.15, -0.1) is 0 Å². The molecule has 0 radical (unpaired) electrons. The van der Waals surface area contributed by atoms with Gasteiger partial charge in [-0.05, 0) is 92.1 Å². The van der Waals surface area contributed by atoms with E-state index in [2.05, 4.69) is 45.2 Å². The van der Waals surface area contributed by atoms with Gasteiger partial charge in [-0.25, -0.2) is 4.72 Å². The Morgan fingerprint density at radius 3 is 2.24 bits per heavy atom. The molecule has 4 fully saturated rings. The van der Waals surface area contributed by atoms with E-state index in [1.54, 1.807) is 27.0 Å². The maximum absolute atomic E-state index is 14.6. The number of ether oxygens (including phenoxy) is 1. The van der Waals surface area contributed by atoms with Crippen molar-refractivity contribution in [1.29, 1.82) is 0 Å². The summed E-state index contributed by atoms with van der Waals surface area (Å²) in [5.41, 5.74) is 4.02. The van der Waals surface area contributed by atoms with E-state index in [1.165, 1.54) is 16.3 Å². The van der Waals surface area contributed by atoms with Crippen LogP contribution in [0, 0.1) is 11.3 Å². The topological polar surface area (TPSA) is 104 Å². The van der Waals surface area contributed by atoms with Crippen LogP contribution in [0.25, 0.3) is 22.2 Å². The first-order chi connectivity index (χ1) is 23.5. The van der Waals surface area contributed by atoms with Crippen molar-refractivity contribution in [3.63, 3.8) is 0 Å². The second kappa shape index (κ2) is 13.0. The fourth-order valence-corrected chi connectivity index (χ4v) is 10.3. The van der Waals surface area contributed by atoms with Crippen LogP contribution in [0.1, 0.15) is 87.6 Å². The first-order valence-corrected chi connectivity index (χ1v) is 19.6. The summed E-state index contributed by atoms with van der Waals surface area (Å²) in [6, 6.07) is 14.3. The molecule has 49 heavy (non-hydrogen) atoms. The number of methoxy groups -OCH3 is 1. The van der Waals surface area contributed by atoms with Gasteiger partial charge in [0.25, 0.3) is 5.91 Å². The molecule has 2 saturated carbocycles. The van der Waals surface area contributed by atoms with Crippen LogP contribution in [-0.4, -0.2) is 91.3 Å². The standard InChI is InChI=1S/C38H51N5O5S/c1-6-41(7-2)49(46,47)39-36(44)28-15-18-32-33(19-28)42(24-38(21-25(38)3)37(45)43-29-20-30(43)23-40(4)22-29)35(27-13-16-31(48-5)17-14-27)34(32)26-11-9-8-10-12-26/h13-19,25-26,29-30H,6-12,20-24H2,1-5H3,(H,39,44). The molecular weight excluding hydrogens is 639 g/mol. The fraction of sp³-hybridized carbons (Fsp3) is 0.579. The van der Waals surface area contributed by atoms with Gasteiger partial charge < -0.3 is 19.1 Å². The van der Waals surface area contributed by atoms with Gasteiger partial charge in [-0.2, -0.15) is 12.7 Å². The lowest BCUT2D eigenvalue weighted by atomic mass is 9.81. The number of likely N-dealkylation sites (N-methyl/N-ethyl adjacent to an activating group) is 1. The first-order valence-electron chi connectivity index (χ1n) is 18.1. The summed E-state index contributed by atoms with van der Waals surface area (Å²) >= 11 is 0. The van der Waals surface area contributed by atoms with Crippen LogP contribution >= 0.6 is 0 Å². The molecular formula is C38H51N5O5S. The third kappa shape index (κ3) is 5.95. The zero-order chi connectivity index (χ0) is 34.7. The fourth-order valence-electron chi connectivity index (χ4n) is 9.12. The predicted octanol–water partition coefficient (Wildman–Crippen LogP) is 5.62. The highest BCUT2D eigenvalue weighted by atomic mass is 32.2. The number of carbonyl (C=O) groups is 2. The molecule has 0 spiro atoms. The highest BCUT2D eigenvalue weighted by Gasteiger charge is 2.62. The first kappa shape index (κ1) is 34.1. The van der Waals surface area contributed by atoms with Gasteiger partial charge in [0.1, 0.15) is 5.75 Å². The Morgan fingerprint density at radius 1 is 1.00 bits per heavy atom. The number of fused-ring (bicyclic) bond motifs is 3. The maximum atomic E-state index is 14.6. The summed E-state index contributed by atoms with van der Waals surface area (Å²) in [7, 11) is -0.194. The van der Waals surface area contributed by atoms with E-state index < -0.39 is 21.5 Å². The number of hydrogen-bond donors (Lipinski definition) is 1. The highest BCUT2D eigenvalue weighted by Crippen LogP contribution is 2.58. The van der Waals surface area contributed by atoms with E-state index in [-0.39, 0.29) is 42.6 Å². The maximum Gasteiger partial charge on any atom is 0.304 e. The van der Waals surface area contributed by atoms with Gasteiger partial charge in [0.05, 0.1) is 18.2 Å². The van der Waals surface area contributed by atoms with Crippen molar-refractivity contribution in [1.82, 2.24) is 23.4 Å². The number of piperidine rings is 1. The number of rotatable bonds is 11. The molecule has 1 N–H and O–H groups in total. The normalized spacial score (nSPS) is 25.8. The molecule has 4 atom stereocenters. The summed E-state index contributed by atoms with van der Waals surface area (Å²) in [4.78, 5) is 32.7. The molecule has 11 heteroatoms. The Labute approximate surface area is 290 Å². The molecule has 264 valence electrons. The summed E-state index contributed by atoms with van der Waals surface area (Å²) in [5.74, 6) is 0.941. The van der Waals surface area contributed by atoms with E-state index in [0.29, 0.717) is 12.5 Å². The molecule has 2 bridgehead atoms. The molecule has 2 aliphatic carbocycles. The quantitative estimate of drug-likeness (QED) is 0.280. The molecule has 1 aromatic heterocycles. The summed E-state index contributed by atoms with van der Waals surface area (Å²) in [6.45, 7) is 8.56. The molecule has 2 amide bonds. The summed E-state index contributed by atoms with van der Waals surface area (Å²) in [6.07, 6.45) is 7.60. The zero-order valence-electron chi connectivity index (χ0n) is 29.6. The van der Waals surface area contributed by atoms with Crippen LogP contribution in [0.4, 0.5) is 0 Å². The smallest absolute Gasteiger partial charge is 0.304 e. The third-order valence-electron chi connectivity index (χ3n) is 11.9. The largest absolute Gasteiger partial charge is 0.497 e. The Morgan fingerprint density at radius 2 is 1.65 bits per heavy atom. The van der Waals surface area contributed by atoms with Gasteiger partial charge in [0, 0.05) is 61.3 Å². The minimum absolute atomic E-state index is 0.226. The Balaban J connectivity index is 1.37. The average molecular weight is 690 g/mol. The molecule has 4 aliphatic rings. The van der Waals surface area contributed by atoms with Crippen molar-refractivity contribution in [3.8, 4) is 17.0 Å².